The van der Waals surface area contributed by atoms with Crippen molar-refractivity contribution in [2.75, 3.05) is 0 Å². The molecule has 18 heavy (non-hydrogen) atoms. The average molecular weight is 262 g/mol. The van der Waals surface area contributed by atoms with E-state index in [0.717, 1.165) is 17.8 Å². The summed E-state index contributed by atoms with van der Waals surface area (Å²) < 4.78 is 2.12. The second-order valence-corrected chi connectivity index (χ2v) is 5.67. The van der Waals surface area contributed by atoms with Crippen LogP contribution in [0.2, 0.25) is 0 Å². The normalized spacial score (nSPS) is 18.3. The zero-order valence-electron chi connectivity index (χ0n) is 10.3. The van der Waals surface area contributed by atoms with Gasteiger partial charge in [-0.3, -0.25) is 4.68 Å². The maximum atomic E-state index is 6.13. The number of nitrogens with zero attached hydrogens (tertiary/aromatic N) is 3. The van der Waals surface area contributed by atoms with Gasteiger partial charge in [-0.15, -0.1) is 11.3 Å². The van der Waals surface area contributed by atoms with E-state index in [1.165, 1.54) is 25.7 Å². The Morgan fingerprint density at radius 2 is 2.28 bits per heavy atom. The lowest BCUT2D eigenvalue weighted by Gasteiger charge is -2.09. The van der Waals surface area contributed by atoms with Gasteiger partial charge in [0.25, 0.3) is 0 Å². The van der Waals surface area contributed by atoms with Crippen LogP contribution in [0.1, 0.15) is 49.2 Å². The summed E-state index contributed by atoms with van der Waals surface area (Å²) in [5, 5.41) is 6.67. The van der Waals surface area contributed by atoms with Gasteiger partial charge >= 0.3 is 0 Å². The zero-order chi connectivity index (χ0) is 12.4. The van der Waals surface area contributed by atoms with Crippen LogP contribution in [-0.2, 0) is 6.42 Å². The van der Waals surface area contributed by atoms with Crippen LogP contribution in [0.15, 0.2) is 23.2 Å². The molecule has 2 N–H and O–H groups in total. The number of aromatic nitrogens is 3. The molecule has 1 unspecified atom stereocenters. The molecule has 1 aliphatic rings. The molecule has 96 valence electrons. The summed E-state index contributed by atoms with van der Waals surface area (Å²) in [7, 11) is 0. The number of hydrogen-bond acceptors (Lipinski definition) is 4. The Kier molecular flexibility index (Phi) is 3.43. The van der Waals surface area contributed by atoms with Crippen LogP contribution in [0.3, 0.4) is 0 Å². The van der Waals surface area contributed by atoms with E-state index >= 15 is 0 Å². The average Bonchev–Trinajstić information content (AvgIpc) is 3.12. The summed E-state index contributed by atoms with van der Waals surface area (Å²) in [5.41, 5.74) is 9.99. The Labute approximate surface area is 111 Å². The molecule has 4 nitrogen and oxygen atoms in total. The first-order valence-corrected chi connectivity index (χ1v) is 7.45. The molecule has 0 bridgehead atoms. The van der Waals surface area contributed by atoms with E-state index in [2.05, 4.69) is 27.0 Å². The molecule has 0 saturated heterocycles. The summed E-state index contributed by atoms with van der Waals surface area (Å²) in [6.45, 7) is 0. The van der Waals surface area contributed by atoms with E-state index in [1.54, 1.807) is 11.3 Å². The summed E-state index contributed by atoms with van der Waals surface area (Å²) >= 11 is 1.59. The van der Waals surface area contributed by atoms with E-state index in [4.69, 9.17) is 5.73 Å². The van der Waals surface area contributed by atoms with E-state index in [1.807, 2.05) is 10.9 Å². The van der Waals surface area contributed by atoms with Crippen molar-refractivity contribution in [1.29, 1.82) is 0 Å². The van der Waals surface area contributed by atoms with Crippen molar-refractivity contribution in [3.63, 3.8) is 0 Å². The van der Waals surface area contributed by atoms with Crippen LogP contribution in [-0.4, -0.2) is 14.8 Å². The Balaban J connectivity index is 1.66. The highest BCUT2D eigenvalue weighted by molar-refractivity contribution is 7.07. The molecule has 3 rings (SSSR count). The molecule has 0 aliphatic heterocycles. The van der Waals surface area contributed by atoms with Gasteiger partial charge in [0.05, 0.1) is 29.0 Å². The fourth-order valence-electron chi connectivity index (χ4n) is 2.59. The van der Waals surface area contributed by atoms with Crippen molar-refractivity contribution in [2.45, 2.75) is 44.2 Å². The Morgan fingerprint density at radius 3 is 3.00 bits per heavy atom. The zero-order valence-corrected chi connectivity index (χ0v) is 11.1. The third-order valence-corrected chi connectivity index (χ3v) is 4.23. The molecule has 0 amide bonds. The number of nitrogens with two attached hydrogens (primary N) is 1. The highest BCUT2D eigenvalue weighted by atomic mass is 32.1. The van der Waals surface area contributed by atoms with Crippen LogP contribution in [0, 0.1) is 0 Å². The predicted octanol–water partition coefficient (Wildman–Crippen LogP) is 2.70. The Bertz CT molecular complexity index is 485. The quantitative estimate of drug-likeness (QED) is 0.921. The second kappa shape index (κ2) is 5.20. The Hall–Kier alpha value is -1.20. The Morgan fingerprint density at radius 1 is 1.44 bits per heavy atom. The number of rotatable bonds is 4. The van der Waals surface area contributed by atoms with Crippen LogP contribution in [0.25, 0.3) is 0 Å². The molecule has 1 fully saturated rings. The molecule has 2 aromatic heterocycles. The molecule has 1 atom stereocenters. The highest BCUT2D eigenvalue weighted by Gasteiger charge is 2.18. The summed E-state index contributed by atoms with van der Waals surface area (Å²) in [5.74, 6) is 0. The minimum atomic E-state index is -0.0387. The molecular formula is C13H18N4S. The van der Waals surface area contributed by atoms with Crippen LogP contribution in [0.4, 0.5) is 0 Å². The van der Waals surface area contributed by atoms with Gasteiger partial charge in [-0.05, 0) is 18.9 Å². The largest absolute Gasteiger partial charge is 0.322 e. The molecule has 0 aromatic carbocycles. The smallest absolute Gasteiger partial charge is 0.0795 e. The molecule has 1 aliphatic carbocycles. The van der Waals surface area contributed by atoms with Crippen molar-refractivity contribution in [3.05, 3.63) is 34.5 Å². The molecule has 0 radical (unpaired) electrons. The lowest BCUT2D eigenvalue weighted by Crippen LogP contribution is -2.14. The second-order valence-electron chi connectivity index (χ2n) is 4.95. The number of thiazole rings is 1. The predicted molar refractivity (Wildman–Crippen MR) is 72.5 cm³/mol. The SMILES string of the molecule is NC(Cc1ccn(C2CCCC2)n1)c1cscn1. The van der Waals surface area contributed by atoms with Gasteiger partial charge in [-0.2, -0.15) is 5.10 Å². The molecule has 5 heteroatoms. The molecular weight excluding hydrogens is 244 g/mol. The lowest BCUT2D eigenvalue weighted by molar-refractivity contribution is 0.461. The van der Waals surface area contributed by atoms with E-state index in [9.17, 15) is 0 Å². The molecule has 1 saturated carbocycles. The fraction of sp³-hybridized carbons (Fsp3) is 0.538. The van der Waals surface area contributed by atoms with Gasteiger partial charge in [0, 0.05) is 18.0 Å². The summed E-state index contributed by atoms with van der Waals surface area (Å²) in [6, 6.07) is 2.65. The molecule has 2 aromatic rings. The van der Waals surface area contributed by atoms with Gasteiger partial charge in [0.15, 0.2) is 0 Å². The third-order valence-electron chi connectivity index (χ3n) is 3.62. The van der Waals surface area contributed by atoms with Gasteiger partial charge < -0.3 is 5.73 Å². The minimum Gasteiger partial charge on any atom is -0.322 e. The molecule has 2 heterocycles. The maximum absolute atomic E-state index is 6.13. The van der Waals surface area contributed by atoms with E-state index in [0.29, 0.717) is 6.04 Å². The van der Waals surface area contributed by atoms with Crippen LogP contribution >= 0.6 is 11.3 Å². The standard InChI is InChI=1S/C13H18N4S/c14-12(13-8-18-9-15-13)7-10-5-6-17(16-10)11-3-1-2-4-11/h5-6,8-9,11-12H,1-4,7,14H2. The van der Waals surface area contributed by atoms with Crippen LogP contribution in [0.5, 0.6) is 0 Å². The van der Waals surface area contributed by atoms with Crippen LogP contribution < -0.4 is 5.73 Å². The van der Waals surface area contributed by atoms with Crippen molar-refractivity contribution < 1.29 is 0 Å². The maximum Gasteiger partial charge on any atom is 0.0795 e. The topological polar surface area (TPSA) is 56.7 Å². The monoisotopic (exact) mass is 262 g/mol. The van der Waals surface area contributed by atoms with E-state index < -0.39 is 0 Å². The van der Waals surface area contributed by atoms with Gasteiger partial charge in [-0.25, -0.2) is 4.98 Å². The molecule has 0 spiro atoms. The van der Waals surface area contributed by atoms with Crippen molar-refractivity contribution in [3.8, 4) is 0 Å². The van der Waals surface area contributed by atoms with Crippen molar-refractivity contribution >= 4 is 11.3 Å². The first kappa shape index (κ1) is 11.9. The van der Waals surface area contributed by atoms with E-state index in [-0.39, 0.29) is 6.04 Å². The van der Waals surface area contributed by atoms with Crippen molar-refractivity contribution in [2.24, 2.45) is 5.73 Å². The fourth-order valence-corrected chi connectivity index (χ4v) is 3.21. The van der Waals surface area contributed by atoms with Gasteiger partial charge in [0.1, 0.15) is 0 Å². The first-order chi connectivity index (χ1) is 8.83. The number of hydrogen-bond donors (Lipinski definition) is 1. The third kappa shape index (κ3) is 2.47. The summed E-state index contributed by atoms with van der Waals surface area (Å²) in [4.78, 5) is 4.26. The first-order valence-electron chi connectivity index (χ1n) is 6.50. The highest BCUT2D eigenvalue weighted by Crippen LogP contribution is 2.29. The lowest BCUT2D eigenvalue weighted by atomic mass is 10.1. The van der Waals surface area contributed by atoms with Gasteiger partial charge in [-0.1, -0.05) is 12.8 Å². The summed E-state index contributed by atoms with van der Waals surface area (Å²) in [6.07, 6.45) is 8.05. The minimum absolute atomic E-state index is 0.0387. The van der Waals surface area contributed by atoms with Gasteiger partial charge in [0.2, 0.25) is 0 Å². The van der Waals surface area contributed by atoms with Crippen molar-refractivity contribution in [1.82, 2.24) is 14.8 Å².